The molecule has 1 fully saturated rings. The lowest BCUT2D eigenvalue weighted by Gasteiger charge is -2.18. The minimum Gasteiger partial charge on any atom is -0.496 e. The second kappa shape index (κ2) is 5.87. The zero-order chi connectivity index (χ0) is 13.0. The number of hydrogen-bond donors (Lipinski definition) is 1. The Morgan fingerprint density at radius 2 is 2.28 bits per heavy atom. The number of nitrogens with one attached hydrogen (secondary N) is 1. The van der Waals surface area contributed by atoms with Gasteiger partial charge < -0.3 is 15.0 Å². The summed E-state index contributed by atoms with van der Waals surface area (Å²) in [6.45, 7) is 2.64. The number of ether oxygens (including phenoxy) is 1. The summed E-state index contributed by atoms with van der Waals surface area (Å²) in [6, 6.07) is 7.40. The summed E-state index contributed by atoms with van der Waals surface area (Å²) in [5, 5.41) is 3.17. The van der Waals surface area contributed by atoms with Crippen LogP contribution in [-0.4, -0.2) is 44.6 Å². The molecule has 4 nitrogen and oxygen atoms in total. The number of carbonyl (C=O) groups is 1. The Bertz CT molecular complexity index is 420. The Morgan fingerprint density at radius 1 is 1.50 bits per heavy atom. The molecule has 18 heavy (non-hydrogen) atoms. The van der Waals surface area contributed by atoms with Crippen molar-refractivity contribution in [2.45, 2.75) is 6.42 Å². The average Bonchev–Trinajstić information content (AvgIpc) is 2.87. The van der Waals surface area contributed by atoms with E-state index in [1.54, 1.807) is 7.11 Å². The molecule has 1 saturated heterocycles. The predicted octanol–water partition coefficient (Wildman–Crippen LogP) is 1.38. The van der Waals surface area contributed by atoms with Crippen molar-refractivity contribution in [2.24, 2.45) is 5.92 Å². The quantitative estimate of drug-likeness (QED) is 0.875. The lowest BCUT2D eigenvalue weighted by atomic mass is 10.1. The number of carbonyl (C=O) groups excluding carboxylic acids is 1. The second-order valence-corrected chi connectivity index (χ2v) is 4.66. The fourth-order valence-electron chi connectivity index (χ4n) is 2.46. The monoisotopic (exact) mass is 248 g/mol. The molecule has 1 N–H and O–H groups in total. The third-order valence-electron chi connectivity index (χ3n) is 3.40. The highest BCUT2D eigenvalue weighted by Crippen LogP contribution is 2.23. The highest BCUT2D eigenvalue weighted by Gasteiger charge is 2.27. The Kier molecular flexibility index (Phi) is 4.20. The van der Waals surface area contributed by atoms with Crippen molar-refractivity contribution in [2.75, 3.05) is 33.8 Å². The molecule has 1 aromatic carbocycles. The van der Waals surface area contributed by atoms with Crippen LogP contribution in [0.2, 0.25) is 0 Å². The molecule has 0 unspecified atom stereocenters. The average molecular weight is 248 g/mol. The van der Waals surface area contributed by atoms with Gasteiger partial charge in [-0.3, -0.25) is 4.79 Å². The van der Waals surface area contributed by atoms with E-state index in [4.69, 9.17) is 4.74 Å². The van der Waals surface area contributed by atoms with Crippen LogP contribution in [0.5, 0.6) is 5.75 Å². The third kappa shape index (κ3) is 2.64. The van der Waals surface area contributed by atoms with E-state index in [1.807, 2.05) is 36.2 Å². The number of rotatable bonds is 4. The van der Waals surface area contributed by atoms with Gasteiger partial charge in [0.1, 0.15) is 5.75 Å². The first-order chi connectivity index (χ1) is 8.76. The predicted molar refractivity (Wildman–Crippen MR) is 70.9 cm³/mol. The van der Waals surface area contributed by atoms with Crippen LogP contribution in [0.15, 0.2) is 24.3 Å². The standard InChI is InChI=1S/C14H20N2O2/c1-15-9-11-7-8-16(10-11)14(17)12-5-3-4-6-13(12)18-2/h3-6,11,15H,7-10H2,1-2H3/t11-/m1/s1. The van der Waals surface area contributed by atoms with E-state index in [-0.39, 0.29) is 5.91 Å². The maximum Gasteiger partial charge on any atom is 0.257 e. The van der Waals surface area contributed by atoms with Crippen LogP contribution in [0.1, 0.15) is 16.8 Å². The number of benzene rings is 1. The minimum atomic E-state index is 0.0750. The normalized spacial score (nSPS) is 19.0. The summed E-state index contributed by atoms with van der Waals surface area (Å²) >= 11 is 0. The molecular formula is C14H20N2O2. The second-order valence-electron chi connectivity index (χ2n) is 4.66. The van der Waals surface area contributed by atoms with Crippen LogP contribution in [0.3, 0.4) is 0 Å². The number of likely N-dealkylation sites (tertiary alicyclic amines) is 1. The summed E-state index contributed by atoms with van der Waals surface area (Å²) in [6.07, 6.45) is 1.07. The van der Waals surface area contributed by atoms with Gasteiger partial charge in [0, 0.05) is 13.1 Å². The summed E-state index contributed by atoms with van der Waals surface area (Å²) in [7, 11) is 3.55. The largest absolute Gasteiger partial charge is 0.496 e. The number of hydrogen-bond acceptors (Lipinski definition) is 3. The first kappa shape index (κ1) is 12.9. The molecule has 1 aromatic rings. The molecule has 1 aliphatic rings. The van der Waals surface area contributed by atoms with Gasteiger partial charge in [0.25, 0.3) is 5.91 Å². The Morgan fingerprint density at radius 3 is 3.00 bits per heavy atom. The van der Waals surface area contributed by atoms with Crippen molar-refractivity contribution in [3.63, 3.8) is 0 Å². The van der Waals surface area contributed by atoms with E-state index in [0.29, 0.717) is 17.2 Å². The molecule has 0 aromatic heterocycles. The fourth-order valence-corrected chi connectivity index (χ4v) is 2.46. The van der Waals surface area contributed by atoms with E-state index in [1.165, 1.54) is 0 Å². The molecule has 98 valence electrons. The fraction of sp³-hybridized carbons (Fsp3) is 0.500. The van der Waals surface area contributed by atoms with E-state index < -0.39 is 0 Å². The summed E-state index contributed by atoms with van der Waals surface area (Å²) in [5.41, 5.74) is 0.658. The SMILES string of the molecule is CNC[C@H]1CCN(C(=O)c2ccccc2OC)C1. The van der Waals surface area contributed by atoms with E-state index in [2.05, 4.69) is 5.32 Å². The Hall–Kier alpha value is -1.55. The first-order valence-electron chi connectivity index (χ1n) is 6.33. The molecule has 4 heteroatoms. The molecule has 0 saturated carbocycles. The number of para-hydroxylation sites is 1. The van der Waals surface area contributed by atoms with E-state index >= 15 is 0 Å². The van der Waals surface area contributed by atoms with Crippen molar-refractivity contribution in [1.82, 2.24) is 10.2 Å². The molecule has 1 aliphatic heterocycles. The molecule has 1 atom stereocenters. The van der Waals surface area contributed by atoms with Crippen LogP contribution in [0.25, 0.3) is 0 Å². The van der Waals surface area contributed by atoms with Crippen LogP contribution in [0, 0.1) is 5.92 Å². The Labute approximate surface area is 108 Å². The van der Waals surface area contributed by atoms with Gasteiger partial charge >= 0.3 is 0 Å². The number of amides is 1. The summed E-state index contributed by atoms with van der Waals surface area (Å²) < 4.78 is 5.24. The van der Waals surface area contributed by atoms with Crippen molar-refractivity contribution in [3.05, 3.63) is 29.8 Å². The molecule has 2 rings (SSSR count). The van der Waals surface area contributed by atoms with Crippen LogP contribution in [0.4, 0.5) is 0 Å². The number of nitrogens with zero attached hydrogens (tertiary/aromatic N) is 1. The molecule has 0 radical (unpaired) electrons. The number of methoxy groups -OCH3 is 1. The molecule has 1 heterocycles. The van der Waals surface area contributed by atoms with Gasteiger partial charge in [0.05, 0.1) is 12.7 Å². The van der Waals surface area contributed by atoms with Crippen molar-refractivity contribution < 1.29 is 9.53 Å². The van der Waals surface area contributed by atoms with Crippen molar-refractivity contribution >= 4 is 5.91 Å². The van der Waals surface area contributed by atoms with Gasteiger partial charge in [-0.2, -0.15) is 0 Å². The molecule has 0 aliphatic carbocycles. The Balaban J connectivity index is 2.08. The van der Waals surface area contributed by atoms with Gasteiger partial charge in [-0.25, -0.2) is 0 Å². The maximum atomic E-state index is 12.4. The molecule has 0 spiro atoms. The van der Waals surface area contributed by atoms with Gasteiger partial charge in [0.2, 0.25) is 0 Å². The maximum absolute atomic E-state index is 12.4. The topological polar surface area (TPSA) is 41.6 Å². The zero-order valence-corrected chi connectivity index (χ0v) is 11.0. The van der Waals surface area contributed by atoms with Gasteiger partial charge in [-0.05, 0) is 38.1 Å². The third-order valence-corrected chi connectivity index (χ3v) is 3.40. The van der Waals surface area contributed by atoms with E-state index in [9.17, 15) is 4.79 Å². The zero-order valence-electron chi connectivity index (χ0n) is 11.0. The lowest BCUT2D eigenvalue weighted by molar-refractivity contribution is 0.0784. The van der Waals surface area contributed by atoms with Crippen LogP contribution < -0.4 is 10.1 Å². The molecule has 0 bridgehead atoms. The van der Waals surface area contributed by atoms with Crippen molar-refractivity contribution in [1.29, 1.82) is 0 Å². The highest BCUT2D eigenvalue weighted by molar-refractivity contribution is 5.97. The van der Waals surface area contributed by atoms with Crippen molar-refractivity contribution in [3.8, 4) is 5.75 Å². The minimum absolute atomic E-state index is 0.0750. The van der Waals surface area contributed by atoms with Crippen LogP contribution >= 0.6 is 0 Å². The van der Waals surface area contributed by atoms with Gasteiger partial charge in [0.15, 0.2) is 0 Å². The lowest BCUT2D eigenvalue weighted by Crippen LogP contribution is -2.30. The van der Waals surface area contributed by atoms with Crippen LogP contribution in [-0.2, 0) is 0 Å². The molecule has 1 amide bonds. The highest BCUT2D eigenvalue weighted by atomic mass is 16.5. The first-order valence-corrected chi connectivity index (χ1v) is 6.33. The summed E-state index contributed by atoms with van der Waals surface area (Å²) in [4.78, 5) is 14.3. The smallest absolute Gasteiger partial charge is 0.257 e. The molecular weight excluding hydrogens is 228 g/mol. The summed E-state index contributed by atoms with van der Waals surface area (Å²) in [5.74, 6) is 1.29. The van der Waals surface area contributed by atoms with Gasteiger partial charge in [-0.1, -0.05) is 12.1 Å². The van der Waals surface area contributed by atoms with Gasteiger partial charge in [-0.15, -0.1) is 0 Å². The van der Waals surface area contributed by atoms with E-state index in [0.717, 1.165) is 26.1 Å².